The molecule has 4 aromatic rings. The minimum Gasteiger partial charge on any atom is -0.463 e. The van der Waals surface area contributed by atoms with Crippen molar-refractivity contribution in [1.29, 1.82) is 5.26 Å². The van der Waals surface area contributed by atoms with Crippen LogP contribution in [0, 0.1) is 25.2 Å². The van der Waals surface area contributed by atoms with Crippen LogP contribution in [-0.4, -0.2) is 21.7 Å². The minimum atomic E-state index is -0.583. The smallest absolute Gasteiger partial charge is 0.338 e. The number of hydrogen-bond acceptors (Lipinski definition) is 8. The summed E-state index contributed by atoms with van der Waals surface area (Å²) in [7, 11) is 0. The van der Waals surface area contributed by atoms with Crippen molar-refractivity contribution in [3.8, 4) is 11.1 Å². The van der Waals surface area contributed by atoms with Crippen LogP contribution in [0.4, 0.5) is 0 Å². The molecule has 0 saturated carbocycles. The molecule has 0 N–H and O–H groups in total. The summed E-state index contributed by atoms with van der Waals surface area (Å²) in [6.07, 6.45) is 6.19. The van der Waals surface area contributed by atoms with Gasteiger partial charge in [0.2, 0.25) is 0 Å². The van der Waals surface area contributed by atoms with Gasteiger partial charge < -0.3 is 9.30 Å². The lowest BCUT2D eigenvalue weighted by atomic mass is 9.96. The second-order valence-corrected chi connectivity index (χ2v) is 13.1. The molecule has 0 bridgehead atoms. The molecule has 0 fully saturated rings. The van der Waals surface area contributed by atoms with Crippen molar-refractivity contribution in [3.63, 3.8) is 0 Å². The molecule has 0 unspecified atom stereocenters. The molecule has 5 heterocycles. The van der Waals surface area contributed by atoms with Gasteiger partial charge in [-0.05, 0) is 88.1 Å². The number of hydrogen-bond donors (Lipinski definition) is 0. The molecular weight excluding hydrogens is 561 g/mol. The highest BCUT2D eigenvalue weighted by Crippen LogP contribution is 2.38. The van der Waals surface area contributed by atoms with Crippen LogP contribution in [0.25, 0.3) is 11.1 Å². The average Bonchev–Trinajstić information content (AvgIpc) is 3.70. The molecule has 2 aliphatic rings. The summed E-state index contributed by atoms with van der Waals surface area (Å²) >= 11 is 4.54. The molecule has 4 aromatic heterocycles. The summed E-state index contributed by atoms with van der Waals surface area (Å²) in [5, 5.41) is 13.0. The summed E-state index contributed by atoms with van der Waals surface area (Å²) < 4.78 is 9.69. The Hall–Kier alpha value is -3.52. The molecular formula is C30H28N4O3S3. The lowest BCUT2D eigenvalue weighted by Crippen LogP contribution is -2.39. The van der Waals surface area contributed by atoms with Crippen LogP contribution in [0.1, 0.15) is 70.6 Å². The number of carbonyl (C=O) groups excluding carboxylic acids is 1. The molecule has 0 radical (unpaired) electrons. The highest BCUT2D eigenvalue weighted by atomic mass is 32.1. The third kappa shape index (κ3) is 4.24. The number of thiophene rings is 2. The van der Waals surface area contributed by atoms with E-state index in [1.165, 1.54) is 33.1 Å². The van der Waals surface area contributed by atoms with Crippen molar-refractivity contribution in [1.82, 2.24) is 9.13 Å². The first-order valence-corrected chi connectivity index (χ1v) is 15.8. The molecule has 0 spiro atoms. The molecule has 0 saturated heterocycles. The fourth-order valence-corrected chi connectivity index (χ4v) is 9.03. The maximum Gasteiger partial charge on any atom is 0.338 e. The maximum absolute atomic E-state index is 13.9. The molecule has 1 aliphatic carbocycles. The maximum atomic E-state index is 13.9. The number of carbonyl (C=O) groups is 1. The van der Waals surface area contributed by atoms with Crippen molar-refractivity contribution in [2.45, 2.75) is 59.4 Å². The van der Waals surface area contributed by atoms with Crippen LogP contribution in [0.3, 0.4) is 0 Å². The van der Waals surface area contributed by atoms with E-state index in [4.69, 9.17) is 4.74 Å². The number of aromatic nitrogens is 2. The number of aryl methyl sites for hydroxylation is 2. The zero-order chi connectivity index (χ0) is 28.1. The Kier molecular flexibility index (Phi) is 6.98. The monoisotopic (exact) mass is 588 g/mol. The van der Waals surface area contributed by atoms with Gasteiger partial charge in [0.15, 0.2) is 4.80 Å². The van der Waals surface area contributed by atoms with Gasteiger partial charge in [0.25, 0.3) is 5.56 Å². The van der Waals surface area contributed by atoms with Gasteiger partial charge in [0.05, 0.1) is 28.0 Å². The SMILES string of the molecule is CCOC(=O)C1=C(C)N=c2s/c(=C/c3cc(C)n(-c4sc5c(c4C#N)CCCC5)c3C)c(=O)n2[C@H]1c1cccs1. The van der Waals surface area contributed by atoms with Gasteiger partial charge >= 0.3 is 5.97 Å². The third-order valence-corrected chi connectivity index (χ3v) is 10.7. The van der Waals surface area contributed by atoms with Crippen molar-refractivity contribution < 1.29 is 9.53 Å². The average molecular weight is 589 g/mol. The van der Waals surface area contributed by atoms with Crippen LogP contribution >= 0.6 is 34.0 Å². The van der Waals surface area contributed by atoms with E-state index < -0.39 is 12.0 Å². The largest absolute Gasteiger partial charge is 0.463 e. The number of thiazole rings is 1. The van der Waals surface area contributed by atoms with Crippen LogP contribution in [0.2, 0.25) is 0 Å². The van der Waals surface area contributed by atoms with Gasteiger partial charge in [-0.15, -0.1) is 22.7 Å². The number of allylic oxidation sites excluding steroid dienone is 1. The molecule has 40 heavy (non-hydrogen) atoms. The van der Waals surface area contributed by atoms with Crippen LogP contribution < -0.4 is 14.9 Å². The van der Waals surface area contributed by atoms with Crippen LogP contribution in [0.15, 0.2) is 44.6 Å². The second kappa shape index (κ2) is 10.5. The first-order chi connectivity index (χ1) is 19.3. The molecule has 1 atom stereocenters. The van der Waals surface area contributed by atoms with Gasteiger partial charge in [0, 0.05) is 21.1 Å². The molecule has 1 aliphatic heterocycles. The van der Waals surface area contributed by atoms with Crippen molar-refractivity contribution >= 4 is 46.1 Å². The topological polar surface area (TPSA) is 89.4 Å². The Morgan fingerprint density at radius 3 is 2.77 bits per heavy atom. The number of esters is 1. The second-order valence-electron chi connectivity index (χ2n) is 9.98. The zero-order valence-electron chi connectivity index (χ0n) is 22.7. The van der Waals surface area contributed by atoms with Gasteiger partial charge in [0.1, 0.15) is 17.1 Å². The van der Waals surface area contributed by atoms with Crippen molar-refractivity contribution in [2.75, 3.05) is 6.61 Å². The van der Waals surface area contributed by atoms with Crippen molar-refractivity contribution in [3.05, 3.63) is 92.4 Å². The van der Waals surface area contributed by atoms with Gasteiger partial charge in [-0.25, -0.2) is 9.79 Å². The quantitative estimate of drug-likeness (QED) is 0.304. The number of nitrogens with zero attached hydrogens (tertiary/aromatic N) is 4. The lowest BCUT2D eigenvalue weighted by molar-refractivity contribution is -0.139. The summed E-state index contributed by atoms with van der Waals surface area (Å²) in [5.41, 5.74) is 5.68. The van der Waals surface area contributed by atoms with E-state index in [-0.39, 0.29) is 12.2 Å². The van der Waals surface area contributed by atoms with Crippen LogP contribution in [0.5, 0.6) is 0 Å². The van der Waals surface area contributed by atoms with E-state index in [0.717, 1.165) is 58.1 Å². The minimum absolute atomic E-state index is 0.189. The van der Waals surface area contributed by atoms with Crippen molar-refractivity contribution in [2.24, 2.45) is 4.99 Å². The predicted molar refractivity (Wildman–Crippen MR) is 159 cm³/mol. The highest BCUT2D eigenvalue weighted by molar-refractivity contribution is 7.15. The molecule has 10 heteroatoms. The van der Waals surface area contributed by atoms with E-state index in [0.29, 0.717) is 20.6 Å². The predicted octanol–water partition coefficient (Wildman–Crippen LogP) is 5.08. The van der Waals surface area contributed by atoms with Gasteiger partial charge in [-0.2, -0.15) is 5.26 Å². The van der Waals surface area contributed by atoms with E-state index in [2.05, 4.69) is 21.7 Å². The third-order valence-electron chi connectivity index (χ3n) is 7.55. The Morgan fingerprint density at radius 2 is 2.05 bits per heavy atom. The van der Waals surface area contributed by atoms with Crippen LogP contribution in [-0.2, 0) is 22.4 Å². The Morgan fingerprint density at radius 1 is 1.25 bits per heavy atom. The fourth-order valence-electron chi connectivity index (χ4n) is 5.72. The van der Waals surface area contributed by atoms with E-state index in [1.54, 1.807) is 29.8 Å². The van der Waals surface area contributed by atoms with E-state index in [1.807, 2.05) is 37.4 Å². The molecule has 0 aromatic carbocycles. The number of ether oxygens (including phenoxy) is 1. The van der Waals surface area contributed by atoms with Gasteiger partial charge in [-0.1, -0.05) is 17.4 Å². The Bertz CT molecular complexity index is 1910. The van der Waals surface area contributed by atoms with E-state index in [9.17, 15) is 14.9 Å². The van der Waals surface area contributed by atoms with E-state index >= 15 is 0 Å². The fraction of sp³-hybridized carbons (Fsp3) is 0.333. The summed E-state index contributed by atoms with van der Waals surface area (Å²) in [5.74, 6) is -0.452. The molecule has 0 amide bonds. The normalized spacial score (nSPS) is 16.9. The highest BCUT2D eigenvalue weighted by Gasteiger charge is 2.34. The number of nitriles is 1. The first-order valence-electron chi connectivity index (χ1n) is 13.3. The number of rotatable bonds is 5. The lowest BCUT2D eigenvalue weighted by Gasteiger charge is -2.23. The first kappa shape index (κ1) is 26.7. The van der Waals surface area contributed by atoms with Gasteiger partial charge in [-0.3, -0.25) is 9.36 Å². The molecule has 7 nitrogen and oxygen atoms in total. The molecule has 204 valence electrons. The Balaban J connectivity index is 1.50. The Labute approximate surface area is 243 Å². The zero-order valence-corrected chi connectivity index (χ0v) is 25.2. The number of fused-ring (bicyclic) bond motifs is 2. The standard InChI is InChI=1S/C30H28N4O3S3/c1-5-37-29(36)25-17(3)32-30-34(26(25)23-11-8-12-38-23)27(35)24(40-30)14-19-13-16(2)33(18(19)4)28-21(15-31)20-9-6-7-10-22(20)39-28/h8,11-14,26H,5-7,9-10H2,1-4H3/b24-14+/t26-/m0/s1. The summed E-state index contributed by atoms with van der Waals surface area (Å²) in [6, 6.07) is 7.82. The summed E-state index contributed by atoms with van der Waals surface area (Å²) in [4.78, 5) is 34.4. The summed E-state index contributed by atoms with van der Waals surface area (Å²) in [6.45, 7) is 7.88. The molecule has 6 rings (SSSR count).